The lowest BCUT2D eigenvalue weighted by Crippen LogP contribution is -2.29. The summed E-state index contributed by atoms with van der Waals surface area (Å²) in [4.78, 5) is 13.0. The van der Waals surface area contributed by atoms with Crippen molar-refractivity contribution in [2.24, 2.45) is 0 Å². The van der Waals surface area contributed by atoms with Crippen molar-refractivity contribution in [1.29, 1.82) is 0 Å². The van der Waals surface area contributed by atoms with Crippen molar-refractivity contribution >= 4 is 5.91 Å². The van der Waals surface area contributed by atoms with Crippen LogP contribution in [-0.4, -0.2) is 19.1 Å². The molecule has 0 saturated heterocycles. The molecular weight excluding hydrogens is 386 g/mol. The molecule has 1 amide bonds. The molecule has 0 bridgehead atoms. The molecule has 31 heavy (non-hydrogen) atoms. The van der Waals surface area contributed by atoms with Crippen LogP contribution in [0, 0.1) is 0 Å². The van der Waals surface area contributed by atoms with Crippen LogP contribution in [0.2, 0.25) is 0 Å². The number of benzene rings is 3. The molecule has 0 aromatic heterocycles. The summed E-state index contributed by atoms with van der Waals surface area (Å²) in [6.45, 7) is 5.40. The van der Waals surface area contributed by atoms with Crippen molar-refractivity contribution in [3.05, 3.63) is 95.1 Å². The number of carbonyl (C=O) groups is 1. The summed E-state index contributed by atoms with van der Waals surface area (Å²) >= 11 is 0. The number of carbonyl (C=O) groups excluding carboxylic acids is 1. The summed E-state index contributed by atoms with van der Waals surface area (Å²) in [5, 5.41) is 3.24. The van der Waals surface area contributed by atoms with E-state index in [0.717, 1.165) is 29.9 Å². The molecule has 1 unspecified atom stereocenters. The zero-order valence-electron chi connectivity index (χ0n) is 18.1. The van der Waals surface area contributed by atoms with Gasteiger partial charge in [0.05, 0.1) is 6.04 Å². The Morgan fingerprint density at radius 2 is 1.55 bits per heavy atom. The average molecular weight is 416 g/mol. The topological polar surface area (TPSA) is 47.6 Å². The van der Waals surface area contributed by atoms with Crippen LogP contribution >= 0.6 is 0 Å². The molecule has 1 aliphatic rings. The number of fused-ring (bicyclic) bond motifs is 1. The van der Waals surface area contributed by atoms with Gasteiger partial charge in [0.25, 0.3) is 5.91 Å². The summed E-state index contributed by atoms with van der Waals surface area (Å²) in [7, 11) is 0. The molecular formula is C27H29NO3. The Labute approximate surface area is 184 Å². The van der Waals surface area contributed by atoms with Crippen LogP contribution in [-0.2, 0) is 6.42 Å². The highest BCUT2D eigenvalue weighted by atomic mass is 16.6. The normalized spacial score (nSPS) is 13.6. The first kappa shape index (κ1) is 21.0. The van der Waals surface area contributed by atoms with Crippen LogP contribution in [0.25, 0.3) is 0 Å². The molecule has 0 spiro atoms. The fourth-order valence-electron chi connectivity index (χ4n) is 3.82. The largest absolute Gasteiger partial charge is 0.486 e. The quantitative estimate of drug-likeness (QED) is 0.540. The van der Waals surface area contributed by atoms with Gasteiger partial charge in [-0.3, -0.25) is 4.79 Å². The van der Waals surface area contributed by atoms with E-state index in [1.165, 1.54) is 11.1 Å². The van der Waals surface area contributed by atoms with E-state index < -0.39 is 0 Å². The fraction of sp³-hybridized carbons (Fsp3) is 0.296. The first-order chi connectivity index (χ1) is 15.1. The van der Waals surface area contributed by atoms with Crippen LogP contribution in [0.1, 0.15) is 59.3 Å². The highest BCUT2D eigenvalue weighted by Crippen LogP contribution is 2.34. The highest BCUT2D eigenvalue weighted by molar-refractivity contribution is 5.94. The lowest BCUT2D eigenvalue weighted by atomic mass is 9.97. The highest BCUT2D eigenvalue weighted by Gasteiger charge is 2.20. The molecule has 4 heteroatoms. The van der Waals surface area contributed by atoms with E-state index in [4.69, 9.17) is 9.47 Å². The maximum atomic E-state index is 13.0. The van der Waals surface area contributed by atoms with Gasteiger partial charge in [-0.1, -0.05) is 62.4 Å². The molecule has 4 rings (SSSR count). The van der Waals surface area contributed by atoms with E-state index in [9.17, 15) is 4.79 Å². The van der Waals surface area contributed by atoms with Gasteiger partial charge in [-0.2, -0.15) is 0 Å². The van der Waals surface area contributed by atoms with E-state index in [0.29, 0.717) is 24.7 Å². The summed E-state index contributed by atoms with van der Waals surface area (Å²) in [5.41, 5.74) is 4.17. The first-order valence-electron chi connectivity index (χ1n) is 10.9. The Balaban J connectivity index is 1.55. The summed E-state index contributed by atoms with van der Waals surface area (Å²) in [5.74, 6) is 1.87. The van der Waals surface area contributed by atoms with Crippen molar-refractivity contribution in [2.75, 3.05) is 13.2 Å². The molecule has 4 nitrogen and oxygen atoms in total. The molecule has 160 valence electrons. The minimum Gasteiger partial charge on any atom is -0.486 e. The molecule has 3 aromatic rings. The third-order valence-electron chi connectivity index (χ3n) is 5.68. The molecule has 1 aliphatic heterocycles. The van der Waals surface area contributed by atoms with Gasteiger partial charge < -0.3 is 14.8 Å². The van der Waals surface area contributed by atoms with Gasteiger partial charge in [0.2, 0.25) is 0 Å². The lowest BCUT2D eigenvalue weighted by molar-refractivity contribution is 0.0934. The molecule has 0 radical (unpaired) electrons. The minimum absolute atomic E-state index is 0.0664. The Morgan fingerprint density at radius 3 is 2.26 bits per heavy atom. The summed E-state index contributed by atoms with van der Waals surface area (Å²) < 4.78 is 11.4. The average Bonchev–Trinajstić information content (AvgIpc) is 2.82. The number of hydrogen-bond acceptors (Lipinski definition) is 3. The Bertz CT molecular complexity index is 1010. The van der Waals surface area contributed by atoms with Gasteiger partial charge in [-0.15, -0.1) is 0 Å². The van der Waals surface area contributed by atoms with Crippen LogP contribution < -0.4 is 14.8 Å². The van der Waals surface area contributed by atoms with E-state index in [1.807, 2.05) is 60.7 Å². The van der Waals surface area contributed by atoms with Crippen molar-refractivity contribution < 1.29 is 14.3 Å². The number of nitrogens with one attached hydrogen (secondary N) is 1. The van der Waals surface area contributed by atoms with E-state index in [-0.39, 0.29) is 11.9 Å². The van der Waals surface area contributed by atoms with E-state index in [2.05, 4.69) is 31.3 Å². The first-order valence-corrected chi connectivity index (χ1v) is 10.9. The predicted molar refractivity (Wildman–Crippen MR) is 123 cm³/mol. The van der Waals surface area contributed by atoms with E-state index >= 15 is 0 Å². The van der Waals surface area contributed by atoms with Crippen molar-refractivity contribution in [2.45, 2.75) is 38.6 Å². The third kappa shape index (κ3) is 5.26. The Hall–Kier alpha value is -3.27. The third-order valence-corrected chi connectivity index (χ3v) is 5.68. The predicted octanol–water partition coefficient (Wildman–Crippen LogP) is 5.69. The second kappa shape index (κ2) is 9.69. The zero-order chi connectivity index (χ0) is 21.6. The second-order valence-electron chi connectivity index (χ2n) is 8.23. The molecule has 0 fully saturated rings. The molecule has 3 aromatic carbocycles. The van der Waals surface area contributed by atoms with Crippen LogP contribution in [0.3, 0.4) is 0 Å². The van der Waals surface area contributed by atoms with Gasteiger partial charge in [0.1, 0.15) is 13.2 Å². The SMILES string of the molecule is CC(C)c1ccc(C(=O)NC(CCc2ccccc2)c2ccc3c(c2)OCCO3)cc1. The molecule has 0 aliphatic carbocycles. The van der Waals surface area contributed by atoms with Crippen molar-refractivity contribution in [1.82, 2.24) is 5.32 Å². The van der Waals surface area contributed by atoms with Gasteiger partial charge in [-0.25, -0.2) is 0 Å². The number of aryl methyl sites for hydroxylation is 1. The summed E-state index contributed by atoms with van der Waals surface area (Å²) in [6, 6.07) is 24.0. The zero-order valence-corrected chi connectivity index (χ0v) is 18.1. The van der Waals surface area contributed by atoms with Crippen molar-refractivity contribution in [3.63, 3.8) is 0 Å². The summed E-state index contributed by atoms with van der Waals surface area (Å²) in [6.07, 6.45) is 1.66. The van der Waals surface area contributed by atoms with Crippen LogP contribution in [0.4, 0.5) is 0 Å². The Morgan fingerprint density at radius 1 is 0.871 bits per heavy atom. The standard InChI is InChI=1S/C27H29NO3/c1-19(2)21-9-11-22(12-10-21)27(29)28-24(14-8-20-6-4-3-5-7-20)23-13-15-25-26(18-23)31-17-16-30-25/h3-7,9-13,15,18-19,24H,8,14,16-17H2,1-2H3,(H,28,29). The number of amides is 1. The molecule has 0 saturated carbocycles. The Kier molecular flexibility index (Phi) is 6.56. The molecule has 1 atom stereocenters. The minimum atomic E-state index is -0.131. The fourth-order valence-corrected chi connectivity index (χ4v) is 3.82. The number of rotatable bonds is 7. The lowest BCUT2D eigenvalue weighted by Gasteiger charge is -2.23. The number of hydrogen-bond donors (Lipinski definition) is 1. The molecule has 1 N–H and O–H groups in total. The monoisotopic (exact) mass is 415 g/mol. The van der Waals surface area contributed by atoms with Crippen LogP contribution in [0.15, 0.2) is 72.8 Å². The smallest absolute Gasteiger partial charge is 0.251 e. The van der Waals surface area contributed by atoms with Gasteiger partial charge >= 0.3 is 0 Å². The van der Waals surface area contributed by atoms with Gasteiger partial charge in [-0.05, 0) is 59.7 Å². The maximum Gasteiger partial charge on any atom is 0.251 e. The van der Waals surface area contributed by atoms with Gasteiger partial charge in [0.15, 0.2) is 11.5 Å². The van der Waals surface area contributed by atoms with Gasteiger partial charge in [0, 0.05) is 5.56 Å². The number of ether oxygens (including phenoxy) is 2. The molecule has 1 heterocycles. The van der Waals surface area contributed by atoms with E-state index in [1.54, 1.807) is 0 Å². The maximum absolute atomic E-state index is 13.0. The van der Waals surface area contributed by atoms with Crippen LogP contribution in [0.5, 0.6) is 11.5 Å². The second-order valence-corrected chi connectivity index (χ2v) is 8.23. The van der Waals surface area contributed by atoms with Crippen molar-refractivity contribution in [3.8, 4) is 11.5 Å².